The molecule has 10 aromatic carbocycles. The number of nitrogens with zero attached hydrogens (tertiary/aromatic N) is 4. The minimum atomic E-state index is 0.508. The predicted molar refractivity (Wildman–Crippen MR) is 292 cm³/mol. The first kappa shape index (κ1) is 42.2. The van der Waals surface area contributed by atoms with Crippen molar-refractivity contribution >= 4 is 49.3 Å². The first-order valence-corrected chi connectivity index (χ1v) is 23.7. The maximum Gasteiger partial charge on any atom is 0.234 e. The maximum absolute atomic E-state index is 10.2. The van der Waals surface area contributed by atoms with Crippen LogP contribution in [0.3, 0.4) is 0 Å². The van der Waals surface area contributed by atoms with Crippen LogP contribution in [0, 0.1) is 45.6 Å². The number of hydrogen-bond donors (Lipinski definition) is 0. The Bertz CT molecular complexity index is 4000. The van der Waals surface area contributed by atoms with Crippen LogP contribution in [-0.2, 0) is 0 Å². The van der Waals surface area contributed by atoms with Gasteiger partial charge in [0, 0.05) is 21.5 Å². The molecule has 0 saturated heterocycles. The van der Waals surface area contributed by atoms with Gasteiger partial charge in [-0.3, -0.25) is 0 Å². The average molecular weight is 895 g/mol. The molecular formula is C66H46N4. The van der Waals surface area contributed by atoms with Crippen molar-refractivity contribution in [2.75, 3.05) is 0 Å². The summed E-state index contributed by atoms with van der Waals surface area (Å²) in [7, 11) is 0. The second kappa shape index (κ2) is 16.8. The highest BCUT2D eigenvalue weighted by Crippen LogP contribution is 2.47. The average Bonchev–Trinajstić information content (AvgIpc) is 3.89. The molecule has 0 saturated carbocycles. The third kappa shape index (κ3) is 7.14. The van der Waals surface area contributed by atoms with E-state index < -0.39 is 0 Å². The van der Waals surface area contributed by atoms with E-state index in [0.29, 0.717) is 11.3 Å². The first-order chi connectivity index (χ1) is 34.2. The van der Waals surface area contributed by atoms with Gasteiger partial charge in [-0.25, -0.2) is 4.85 Å². The van der Waals surface area contributed by atoms with Crippen molar-refractivity contribution in [2.45, 2.75) is 27.7 Å². The molecule has 0 amide bonds. The summed E-state index contributed by atoms with van der Waals surface area (Å²) in [5.41, 5.74) is 22.3. The first-order valence-electron chi connectivity index (χ1n) is 23.7. The van der Waals surface area contributed by atoms with Crippen molar-refractivity contribution in [1.29, 1.82) is 5.26 Å². The van der Waals surface area contributed by atoms with Crippen molar-refractivity contribution in [3.05, 3.63) is 245 Å². The predicted octanol–water partition coefficient (Wildman–Crippen LogP) is 17.9. The number of fused-ring (bicyclic) bond motifs is 6. The molecule has 2 heterocycles. The Morgan fingerprint density at radius 3 is 1.10 bits per heavy atom. The lowest BCUT2D eigenvalue weighted by Gasteiger charge is -2.20. The molecular weight excluding hydrogens is 849 g/mol. The monoisotopic (exact) mass is 894 g/mol. The summed E-state index contributed by atoms with van der Waals surface area (Å²) in [6.45, 7) is 17.8. The van der Waals surface area contributed by atoms with Gasteiger partial charge < -0.3 is 9.13 Å². The van der Waals surface area contributed by atoms with E-state index in [4.69, 9.17) is 0 Å². The van der Waals surface area contributed by atoms with E-state index in [1.165, 1.54) is 22.3 Å². The highest BCUT2D eigenvalue weighted by Gasteiger charge is 2.25. The van der Waals surface area contributed by atoms with E-state index in [-0.39, 0.29) is 0 Å². The van der Waals surface area contributed by atoms with Gasteiger partial charge >= 0.3 is 0 Å². The van der Waals surface area contributed by atoms with Crippen LogP contribution in [0.4, 0.5) is 5.69 Å². The molecule has 2 aromatic heterocycles. The number of rotatable bonds is 7. The van der Waals surface area contributed by atoms with Gasteiger partial charge in [0.2, 0.25) is 5.69 Å². The standard InChI is InChI=1S/C66H46N4/c1-41-11-6-16-46(31-41)50-21-26-60-56(36-50)57-37-51(47-17-7-12-42(2)32-47)22-27-61(57)69(60)64-30-25-55(54-20-10-15-45(35-54)40-67)66(65(64)68-5)70-62-28-23-52(48-18-8-13-43(3)33-48)38-58(62)59-39-53(24-29-63(59)70)49-19-9-14-44(4)34-49/h6-39H,1-4H3. The Balaban J connectivity index is 1.19. The van der Waals surface area contributed by atoms with Gasteiger partial charge in [-0.2, -0.15) is 5.26 Å². The van der Waals surface area contributed by atoms with Crippen LogP contribution >= 0.6 is 0 Å². The van der Waals surface area contributed by atoms with Crippen molar-refractivity contribution in [1.82, 2.24) is 9.13 Å². The number of aromatic nitrogens is 2. The molecule has 4 nitrogen and oxygen atoms in total. The van der Waals surface area contributed by atoms with Crippen molar-refractivity contribution in [3.8, 4) is 73.1 Å². The van der Waals surface area contributed by atoms with E-state index >= 15 is 0 Å². The molecule has 12 aromatic rings. The number of hydrogen-bond acceptors (Lipinski definition) is 1. The molecule has 0 N–H and O–H groups in total. The summed E-state index contributed by atoms with van der Waals surface area (Å²) in [5, 5.41) is 14.6. The molecule has 330 valence electrons. The SMILES string of the molecule is [C-]#[N+]c1c(-n2c3ccc(-c4cccc(C)c4)cc3c3cc(-c4cccc(C)c4)ccc32)ccc(-c2cccc(C#N)c2)c1-n1c2ccc(-c3cccc(C)c3)cc2c2cc(-c3cccc(C)c3)ccc21. The van der Waals surface area contributed by atoms with Crippen LogP contribution in [0.2, 0.25) is 0 Å². The fourth-order valence-electron chi connectivity index (χ4n) is 10.6. The smallest absolute Gasteiger partial charge is 0.234 e. The molecule has 0 aliphatic rings. The second-order valence-corrected chi connectivity index (χ2v) is 18.7. The molecule has 0 radical (unpaired) electrons. The van der Waals surface area contributed by atoms with Crippen LogP contribution in [0.25, 0.3) is 115 Å². The molecule has 0 aliphatic carbocycles. The van der Waals surface area contributed by atoms with E-state index in [2.05, 4.69) is 230 Å². The Morgan fingerprint density at radius 2 is 0.729 bits per heavy atom. The summed E-state index contributed by atoms with van der Waals surface area (Å²) in [6.07, 6.45) is 0. The van der Waals surface area contributed by atoms with Gasteiger partial charge in [0.1, 0.15) is 0 Å². The van der Waals surface area contributed by atoms with Crippen LogP contribution in [-0.4, -0.2) is 9.13 Å². The maximum atomic E-state index is 10.2. The molecule has 0 unspecified atom stereocenters. The summed E-state index contributed by atoms with van der Waals surface area (Å²) in [4.78, 5) is 4.58. The van der Waals surface area contributed by atoms with Crippen LogP contribution < -0.4 is 0 Å². The van der Waals surface area contributed by atoms with E-state index in [0.717, 1.165) is 111 Å². The Kier molecular flexibility index (Phi) is 10.1. The minimum Gasteiger partial charge on any atom is -0.319 e. The van der Waals surface area contributed by atoms with Crippen LogP contribution in [0.1, 0.15) is 27.8 Å². The Morgan fingerprint density at radius 1 is 0.371 bits per heavy atom. The molecule has 0 aliphatic heterocycles. The Labute approximate surface area is 408 Å². The zero-order valence-electron chi connectivity index (χ0n) is 39.4. The molecule has 4 heteroatoms. The van der Waals surface area contributed by atoms with Gasteiger partial charge in [0.15, 0.2) is 0 Å². The molecule has 0 fully saturated rings. The fourth-order valence-corrected chi connectivity index (χ4v) is 10.6. The van der Waals surface area contributed by atoms with Gasteiger partial charge in [0.05, 0.1) is 51.6 Å². The molecule has 0 bridgehead atoms. The van der Waals surface area contributed by atoms with E-state index in [9.17, 15) is 11.8 Å². The summed E-state index contributed by atoms with van der Waals surface area (Å²) < 4.78 is 4.59. The van der Waals surface area contributed by atoms with Crippen LogP contribution in [0.15, 0.2) is 206 Å². The highest BCUT2D eigenvalue weighted by molar-refractivity contribution is 6.15. The highest BCUT2D eigenvalue weighted by atomic mass is 15.1. The zero-order chi connectivity index (χ0) is 47.6. The Hall–Kier alpha value is -9.22. The van der Waals surface area contributed by atoms with Crippen LogP contribution in [0.5, 0.6) is 0 Å². The van der Waals surface area contributed by atoms with E-state index in [1.54, 1.807) is 0 Å². The van der Waals surface area contributed by atoms with Crippen molar-refractivity contribution in [3.63, 3.8) is 0 Å². The largest absolute Gasteiger partial charge is 0.319 e. The van der Waals surface area contributed by atoms with Crippen molar-refractivity contribution in [2.24, 2.45) is 0 Å². The normalized spacial score (nSPS) is 11.4. The lowest BCUT2D eigenvalue weighted by Crippen LogP contribution is -2.02. The molecule has 12 rings (SSSR count). The molecule has 0 spiro atoms. The second-order valence-electron chi connectivity index (χ2n) is 18.7. The lowest BCUT2D eigenvalue weighted by atomic mass is 9.99. The molecule has 0 atom stereocenters. The lowest BCUT2D eigenvalue weighted by molar-refractivity contribution is 1.15. The third-order valence-corrected chi connectivity index (χ3v) is 13.9. The van der Waals surface area contributed by atoms with Gasteiger partial charge in [-0.05, 0) is 150 Å². The van der Waals surface area contributed by atoms with Gasteiger partial charge in [-0.1, -0.05) is 162 Å². The fraction of sp³-hybridized carbons (Fsp3) is 0.0606. The summed E-state index contributed by atoms with van der Waals surface area (Å²) in [5.74, 6) is 0. The van der Waals surface area contributed by atoms with Gasteiger partial charge in [-0.15, -0.1) is 0 Å². The number of benzene rings is 10. The quantitative estimate of drug-likeness (QED) is 0.147. The molecule has 70 heavy (non-hydrogen) atoms. The summed E-state index contributed by atoms with van der Waals surface area (Å²) >= 11 is 0. The van der Waals surface area contributed by atoms with Gasteiger partial charge in [0.25, 0.3) is 0 Å². The number of nitriles is 1. The van der Waals surface area contributed by atoms with E-state index in [1.807, 2.05) is 24.3 Å². The summed E-state index contributed by atoms with van der Waals surface area (Å²) in [6, 6.07) is 76.0. The minimum absolute atomic E-state index is 0.508. The zero-order valence-corrected chi connectivity index (χ0v) is 39.4. The number of aryl methyl sites for hydroxylation is 4. The topological polar surface area (TPSA) is 38.0 Å². The van der Waals surface area contributed by atoms with Crippen molar-refractivity contribution < 1.29 is 0 Å². The third-order valence-electron chi connectivity index (χ3n) is 13.9.